The van der Waals surface area contributed by atoms with Crippen LogP contribution in [0.5, 0.6) is 0 Å². The topological polar surface area (TPSA) is 84.2 Å². The largest absolute Gasteiger partial charge is 0.459 e. The lowest BCUT2D eigenvalue weighted by molar-refractivity contribution is 0.0378. The zero-order valence-electron chi connectivity index (χ0n) is 10.8. The van der Waals surface area contributed by atoms with Crippen LogP contribution in [-0.2, 0) is 20.3 Å². The van der Waals surface area contributed by atoms with Gasteiger partial charge in [0, 0.05) is 0 Å². The van der Waals surface area contributed by atoms with Gasteiger partial charge in [-0.1, -0.05) is 12.1 Å². The van der Waals surface area contributed by atoms with Crippen molar-refractivity contribution in [3.8, 4) is 6.07 Å². The van der Waals surface area contributed by atoms with E-state index in [9.17, 15) is 13.2 Å². The number of ether oxygens (including phenoxy) is 1. The van der Waals surface area contributed by atoms with E-state index in [1.54, 1.807) is 32.0 Å². The average molecular weight is 281 g/mol. The van der Waals surface area contributed by atoms with Crippen molar-refractivity contribution < 1.29 is 17.9 Å². The molecule has 0 heterocycles. The highest BCUT2D eigenvalue weighted by atomic mass is 32.2. The minimum atomic E-state index is -3.41. The number of benzene rings is 1. The number of hydrogen-bond acceptors (Lipinski definition) is 5. The molecule has 1 rings (SSSR count). The zero-order valence-corrected chi connectivity index (χ0v) is 11.6. The van der Waals surface area contributed by atoms with Gasteiger partial charge in [-0.3, -0.25) is 0 Å². The molecule has 0 unspecified atom stereocenters. The van der Waals surface area contributed by atoms with Gasteiger partial charge in [0.05, 0.1) is 23.5 Å². The predicted octanol–water partition coefficient (Wildman–Crippen LogP) is 1.69. The molecule has 5 nitrogen and oxygen atoms in total. The summed E-state index contributed by atoms with van der Waals surface area (Å²) in [5.74, 6) is -1.16. The molecule has 1 aromatic carbocycles. The summed E-state index contributed by atoms with van der Waals surface area (Å²) in [4.78, 5) is 11.6. The fourth-order valence-electron chi connectivity index (χ4n) is 1.42. The maximum atomic E-state index is 11.6. The highest BCUT2D eigenvalue weighted by molar-refractivity contribution is 7.90. The Morgan fingerprint density at radius 3 is 2.37 bits per heavy atom. The molecule has 1 aromatic rings. The SMILES string of the molecule is CC(C)OC(=O)c1ccc(CS(=O)(=O)CC#N)cc1. The summed E-state index contributed by atoms with van der Waals surface area (Å²) in [6.45, 7) is 3.50. The molecule has 0 aromatic heterocycles. The van der Waals surface area contributed by atoms with Crippen molar-refractivity contribution in [3.05, 3.63) is 35.4 Å². The number of nitriles is 1. The van der Waals surface area contributed by atoms with Gasteiger partial charge < -0.3 is 4.74 Å². The van der Waals surface area contributed by atoms with Gasteiger partial charge in [-0.2, -0.15) is 5.26 Å². The molecule has 0 spiro atoms. The first-order valence-electron chi connectivity index (χ1n) is 5.71. The average Bonchev–Trinajstić information content (AvgIpc) is 2.28. The number of rotatable bonds is 5. The maximum Gasteiger partial charge on any atom is 0.338 e. The molecule has 0 amide bonds. The Labute approximate surface area is 112 Å². The van der Waals surface area contributed by atoms with Gasteiger partial charge in [-0.15, -0.1) is 0 Å². The Balaban J connectivity index is 2.78. The van der Waals surface area contributed by atoms with Gasteiger partial charge in [-0.25, -0.2) is 13.2 Å². The lowest BCUT2D eigenvalue weighted by atomic mass is 10.1. The summed E-state index contributed by atoms with van der Waals surface area (Å²) in [7, 11) is -3.41. The second-order valence-corrected chi connectivity index (χ2v) is 6.41. The lowest BCUT2D eigenvalue weighted by Gasteiger charge is -2.08. The van der Waals surface area contributed by atoms with Crippen molar-refractivity contribution in [3.63, 3.8) is 0 Å². The van der Waals surface area contributed by atoms with E-state index in [1.165, 1.54) is 12.1 Å². The molecule has 0 aliphatic heterocycles. The van der Waals surface area contributed by atoms with Gasteiger partial charge in [0.1, 0.15) is 5.75 Å². The Bertz CT molecular complexity index is 582. The molecule has 102 valence electrons. The summed E-state index contributed by atoms with van der Waals surface area (Å²) in [6, 6.07) is 7.74. The highest BCUT2D eigenvalue weighted by Crippen LogP contribution is 2.10. The van der Waals surface area contributed by atoms with Crippen molar-refractivity contribution in [1.82, 2.24) is 0 Å². The summed E-state index contributed by atoms with van der Waals surface area (Å²) in [6.07, 6.45) is -0.205. The molecule has 6 heteroatoms. The smallest absolute Gasteiger partial charge is 0.338 e. The van der Waals surface area contributed by atoms with Crippen molar-refractivity contribution in [2.75, 3.05) is 5.75 Å². The quantitative estimate of drug-likeness (QED) is 0.767. The minimum Gasteiger partial charge on any atom is -0.459 e. The van der Waals surface area contributed by atoms with Gasteiger partial charge in [0.2, 0.25) is 0 Å². The fraction of sp³-hybridized carbons (Fsp3) is 0.385. The highest BCUT2D eigenvalue weighted by Gasteiger charge is 2.13. The molecule has 0 atom stereocenters. The van der Waals surface area contributed by atoms with Crippen LogP contribution in [0, 0.1) is 11.3 Å². The zero-order chi connectivity index (χ0) is 14.5. The van der Waals surface area contributed by atoms with E-state index in [0.29, 0.717) is 11.1 Å². The van der Waals surface area contributed by atoms with E-state index < -0.39 is 21.6 Å². The minimum absolute atomic E-state index is 0.205. The molecule has 0 fully saturated rings. The number of nitrogens with zero attached hydrogens (tertiary/aromatic N) is 1. The fourth-order valence-corrected chi connectivity index (χ4v) is 2.42. The third kappa shape index (κ3) is 5.10. The Kier molecular flexibility index (Phi) is 5.07. The standard InChI is InChI=1S/C13H15NO4S/c1-10(2)18-13(15)12-5-3-11(4-6-12)9-19(16,17)8-7-14/h3-6,10H,8-9H2,1-2H3. The maximum absolute atomic E-state index is 11.6. The van der Waals surface area contributed by atoms with Crippen LogP contribution in [0.4, 0.5) is 0 Å². The van der Waals surface area contributed by atoms with Crippen LogP contribution in [-0.4, -0.2) is 26.2 Å². The molecular weight excluding hydrogens is 266 g/mol. The molecule has 19 heavy (non-hydrogen) atoms. The van der Waals surface area contributed by atoms with E-state index >= 15 is 0 Å². The lowest BCUT2D eigenvalue weighted by Crippen LogP contribution is -2.12. The molecule has 0 aliphatic rings. The third-order valence-electron chi connectivity index (χ3n) is 2.20. The molecular formula is C13H15NO4S. The Hall–Kier alpha value is -1.87. The van der Waals surface area contributed by atoms with Crippen LogP contribution < -0.4 is 0 Å². The first-order chi connectivity index (χ1) is 8.84. The number of hydrogen-bond donors (Lipinski definition) is 0. The number of carbonyl (C=O) groups excluding carboxylic acids is 1. The van der Waals surface area contributed by atoms with Gasteiger partial charge >= 0.3 is 5.97 Å². The van der Waals surface area contributed by atoms with Crippen LogP contribution in [0.1, 0.15) is 29.8 Å². The van der Waals surface area contributed by atoms with Gasteiger partial charge in [0.15, 0.2) is 9.84 Å². The molecule has 0 bridgehead atoms. The monoisotopic (exact) mass is 281 g/mol. The number of sulfone groups is 1. The summed E-state index contributed by atoms with van der Waals surface area (Å²) in [5.41, 5.74) is 0.909. The van der Waals surface area contributed by atoms with Crippen molar-refractivity contribution in [2.24, 2.45) is 0 Å². The summed E-state index contributed by atoms with van der Waals surface area (Å²) in [5, 5.41) is 8.39. The third-order valence-corrected chi connectivity index (χ3v) is 3.55. The van der Waals surface area contributed by atoms with E-state index in [-0.39, 0.29) is 11.9 Å². The first kappa shape index (κ1) is 15.2. The second kappa shape index (κ2) is 6.34. The molecule has 0 saturated carbocycles. The molecule has 0 aliphatic carbocycles. The number of esters is 1. The van der Waals surface area contributed by atoms with E-state index in [1.807, 2.05) is 0 Å². The predicted molar refractivity (Wildman–Crippen MR) is 70.1 cm³/mol. The van der Waals surface area contributed by atoms with Crippen LogP contribution in [0.2, 0.25) is 0 Å². The van der Waals surface area contributed by atoms with Gasteiger partial charge in [-0.05, 0) is 31.5 Å². The normalized spacial score (nSPS) is 11.1. The van der Waals surface area contributed by atoms with Crippen molar-refractivity contribution in [2.45, 2.75) is 25.7 Å². The summed E-state index contributed by atoms with van der Waals surface area (Å²) < 4.78 is 27.9. The van der Waals surface area contributed by atoms with Crippen LogP contribution in [0.25, 0.3) is 0 Å². The van der Waals surface area contributed by atoms with E-state index in [0.717, 1.165) is 0 Å². The second-order valence-electron chi connectivity index (χ2n) is 4.34. The Morgan fingerprint density at radius 2 is 1.89 bits per heavy atom. The van der Waals surface area contributed by atoms with Gasteiger partial charge in [0.25, 0.3) is 0 Å². The van der Waals surface area contributed by atoms with Crippen molar-refractivity contribution in [1.29, 1.82) is 5.26 Å². The van der Waals surface area contributed by atoms with E-state index in [2.05, 4.69) is 0 Å². The van der Waals surface area contributed by atoms with E-state index in [4.69, 9.17) is 10.00 Å². The van der Waals surface area contributed by atoms with Crippen LogP contribution in [0.3, 0.4) is 0 Å². The summed E-state index contributed by atoms with van der Waals surface area (Å²) >= 11 is 0. The van der Waals surface area contributed by atoms with Crippen LogP contribution >= 0.6 is 0 Å². The number of carbonyl (C=O) groups is 1. The van der Waals surface area contributed by atoms with Crippen LogP contribution in [0.15, 0.2) is 24.3 Å². The first-order valence-corrected chi connectivity index (χ1v) is 7.53. The van der Waals surface area contributed by atoms with Crippen molar-refractivity contribution >= 4 is 15.8 Å². The molecule has 0 N–H and O–H groups in total. The Morgan fingerprint density at radius 1 is 1.32 bits per heavy atom. The molecule has 0 saturated heterocycles. The molecule has 0 radical (unpaired) electrons.